The van der Waals surface area contributed by atoms with Gasteiger partial charge in [0.15, 0.2) is 0 Å². The highest BCUT2D eigenvalue weighted by atomic mass is 16.2. The Labute approximate surface area is 81.0 Å². The van der Waals surface area contributed by atoms with E-state index < -0.39 is 5.69 Å². The molecule has 1 aromatic rings. The molecule has 5 heteroatoms. The first kappa shape index (κ1) is 9.18. The van der Waals surface area contributed by atoms with Gasteiger partial charge in [-0.2, -0.15) is 4.98 Å². The third-order valence-corrected chi connectivity index (χ3v) is 2.48. The van der Waals surface area contributed by atoms with Crippen molar-refractivity contribution in [3.8, 4) is 0 Å². The van der Waals surface area contributed by atoms with Crippen molar-refractivity contribution in [3.63, 3.8) is 0 Å². The van der Waals surface area contributed by atoms with E-state index >= 15 is 0 Å². The summed E-state index contributed by atoms with van der Waals surface area (Å²) in [7, 11) is 0. The topological polar surface area (TPSA) is 56.9 Å². The second kappa shape index (κ2) is 3.08. The first-order valence-electron chi connectivity index (χ1n) is 4.83. The smallest absolute Gasteiger partial charge is 0.281 e. The summed E-state index contributed by atoms with van der Waals surface area (Å²) in [6.07, 6.45) is 1.65. The fourth-order valence-electron chi connectivity index (χ4n) is 1.80. The van der Waals surface area contributed by atoms with Gasteiger partial charge in [-0.3, -0.25) is 4.57 Å². The minimum atomic E-state index is -0.418. The Morgan fingerprint density at radius 3 is 2.71 bits per heavy atom. The number of hydrogen-bond acceptors (Lipinski definition) is 3. The molecule has 2 rings (SSSR count). The molecule has 0 unspecified atom stereocenters. The maximum Gasteiger partial charge on any atom is 0.353 e. The van der Waals surface area contributed by atoms with Crippen LogP contribution in [0.2, 0.25) is 0 Å². The Morgan fingerprint density at radius 2 is 2.07 bits per heavy atom. The Balaban J connectivity index is 2.76. The molecule has 0 aliphatic carbocycles. The summed E-state index contributed by atoms with van der Waals surface area (Å²) in [5.74, 6) is 0.636. The highest BCUT2D eigenvalue weighted by Crippen LogP contribution is 2.06. The second-order valence-electron chi connectivity index (χ2n) is 3.81. The SMILES string of the molecule is CC(C)n1c(=O)nc2n(c1=O)CCC2. The van der Waals surface area contributed by atoms with Crippen molar-refractivity contribution in [2.75, 3.05) is 0 Å². The molecule has 0 N–H and O–H groups in total. The van der Waals surface area contributed by atoms with Crippen LogP contribution in [0, 0.1) is 0 Å². The van der Waals surface area contributed by atoms with Crippen LogP contribution < -0.4 is 11.4 Å². The molecule has 0 amide bonds. The number of aryl methyl sites for hydroxylation is 1. The lowest BCUT2D eigenvalue weighted by molar-refractivity contribution is 0.490. The maximum absolute atomic E-state index is 11.8. The van der Waals surface area contributed by atoms with E-state index in [1.54, 1.807) is 4.57 Å². The van der Waals surface area contributed by atoms with Crippen LogP contribution in [0.3, 0.4) is 0 Å². The molecule has 0 bridgehead atoms. The molecule has 14 heavy (non-hydrogen) atoms. The molecule has 0 radical (unpaired) electrons. The summed E-state index contributed by atoms with van der Waals surface area (Å²) in [5.41, 5.74) is -0.634. The van der Waals surface area contributed by atoms with Crippen LogP contribution in [-0.2, 0) is 13.0 Å². The van der Waals surface area contributed by atoms with Gasteiger partial charge >= 0.3 is 11.4 Å². The molecule has 2 heterocycles. The van der Waals surface area contributed by atoms with E-state index in [9.17, 15) is 9.59 Å². The van der Waals surface area contributed by atoms with Crippen molar-refractivity contribution < 1.29 is 0 Å². The van der Waals surface area contributed by atoms with Gasteiger partial charge in [0.25, 0.3) is 0 Å². The largest absolute Gasteiger partial charge is 0.353 e. The second-order valence-corrected chi connectivity index (χ2v) is 3.81. The minimum absolute atomic E-state index is 0.124. The van der Waals surface area contributed by atoms with E-state index in [4.69, 9.17) is 0 Å². The van der Waals surface area contributed by atoms with Crippen LogP contribution >= 0.6 is 0 Å². The molecule has 0 atom stereocenters. The predicted molar refractivity (Wildman–Crippen MR) is 51.5 cm³/mol. The summed E-state index contributed by atoms with van der Waals surface area (Å²) in [4.78, 5) is 27.2. The first-order chi connectivity index (χ1) is 6.61. The molecule has 0 saturated carbocycles. The molecule has 0 fully saturated rings. The summed E-state index contributed by atoms with van der Waals surface area (Å²) >= 11 is 0. The van der Waals surface area contributed by atoms with Gasteiger partial charge in [0.05, 0.1) is 0 Å². The Bertz CT molecular complexity index is 470. The third kappa shape index (κ3) is 1.20. The van der Waals surface area contributed by atoms with Gasteiger partial charge in [0.2, 0.25) is 0 Å². The van der Waals surface area contributed by atoms with Gasteiger partial charge in [0, 0.05) is 19.0 Å². The summed E-state index contributed by atoms with van der Waals surface area (Å²) < 4.78 is 2.80. The maximum atomic E-state index is 11.8. The van der Waals surface area contributed by atoms with Gasteiger partial charge in [0.1, 0.15) is 5.82 Å². The third-order valence-electron chi connectivity index (χ3n) is 2.48. The zero-order valence-corrected chi connectivity index (χ0v) is 8.36. The fraction of sp³-hybridized carbons (Fsp3) is 0.667. The monoisotopic (exact) mass is 195 g/mol. The van der Waals surface area contributed by atoms with Crippen LogP contribution in [0.5, 0.6) is 0 Å². The summed E-state index contributed by atoms with van der Waals surface area (Å²) in [6.45, 7) is 4.31. The molecule has 1 aromatic heterocycles. The number of rotatable bonds is 1. The van der Waals surface area contributed by atoms with Crippen molar-refractivity contribution in [2.45, 2.75) is 39.3 Å². The lowest BCUT2D eigenvalue weighted by atomic mass is 10.4. The van der Waals surface area contributed by atoms with Gasteiger partial charge in [-0.25, -0.2) is 14.2 Å². The molecule has 76 valence electrons. The molecule has 0 spiro atoms. The van der Waals surface area contributed by atoms with E-state index in [2.05, 4.69) is 4.98 Å². The molecular formula is C9H13N3O2. The Morgan fingerprint density at radius 1 is 1.36 bits per heavy atom. The first-order valence-corrected chi connectivity index (χ1v) is 4.83. The van der Waals surface area contributed by atoms with E-state index in [0.717, 1.165) is 12.8 Å². The Hall–Kier alpha value is -1.39. The van der Waals surface area contributed by atoms with Gasteiger partial charge in [-0.1, -0.05) is 0 Å². The van der Waals surface area contributed by atoms with E-state index in [1.165, 1.54) is 4.57 Å². The van der Waals surface area contributed by atoms with E-state index in [0.29, 0.717) is 12.4 Å². The zero-order valence-electron chi connectivity index (χ0n) is 8.36. The molecule has 0 saturated heterocycles. The predicted octanol–water partition coefficient (Wildman–Crippen LogP) is -0.0679. The van der Waals surface area contributed by atoms with E-state index in [1.807, 2.05) is 13.8 Å². The molecule has 5 nitrogen and oxygen atoms in total. The molecule has 1 aliphatic rings. The van der Waals surface area contributed by atoms with Crippen molar-refractivity contribution in [3.05, 3.63) is 26.8 Å². The summed E-state index contributed by atoms with van der Waals surface area (Å²) in [6, 6.07) is -0.124. The van der Waals surface area contributed by atoms with Crippen molar-refractivity contribution in [1.29, 1.82) is 0 Å². The van der Waals surface area contributed by atoms with Crippen molar-refractivity contribution in [2.24, 2.45) is 0 Å². The Kier molecular flexibility index (Phi) is 2.02. The van der Waals surface area contributed by atoms with Gasteiger partial charge in [-0.15, -0.1) is 0 Å². The van der Waals surface area contributed by atoms with Crippen LogP contribution in [0.4, 0.5) is 0 Å². The van der Waals surface area contributed by atoms with Crippen molar-refractivity contribution in [1.82, 2.24) is 14.1 Å². The molecular weight excluding hydrogens is 182 g/mol. The average Bonchev–Trinajstić information content (AvgIpc) is 2.50. The standard InChI is InChI=1S/C9H13N3O2/c1-6(2)12-8(13)10-7-4-3-5-11(7)9(12)14/h6H,3-5H2,1-2H3. The number of aromatic nitrogens is 3. The average molecular weight is 195 g/mol. The van der Waals surface area contributed by atoms with Crippen LogP contribution in [0.15, 0.2) is 9.59 Å². The molecule has 1 aliphatic heterocycles. The van der Waals surface area contributed by atoms with Gasteiger partial charge in [-0.05, 0) is 20.3 Å². The van der Waals surface area contributed by atoms with Gasteiger partial charge < -0.3 is 0 Å². The number of nitrogens with zero attached hydrogens (tertiary/aromatic N) is 3. The number of hydrogen-bond donors (Lipinski definition) is 0. The van der Waals surface area contributed by atoms with Crippen molar-refractivity contribution >= 4 is 0 Å². The lowest BCUT2D eigenvalue weighted by Crippen LogP contribution is -2.42. The quantitative estimate of drug-likeness (QED) is 0.630. The van der Waals surface area contributed by atoms with Crippen LogP contribution in [-0.4, -0.2) is 14.1 Å². The number of fused-ring (bicyclic) bond motifs is 1. The van der Waals surface area contributed by atoms with Crippen LogP contribution in [0.1, 0.15) is 32.1 Å². The highest BCUT2D eigenvalue weighted by Gasteiger charge is 2.18. The van der Waals surface area contributed by atoms with E-state index in [-0.39, 0.29) is 11.7 Å². The zero-order chi connectivity index (χ0) is 10.3. The normalized spacial score (nSPS) is 14.8. The minimum Gasteiger partial charge on any atom is -0.281 e. The van der Waals surface area contributed by atoms with Crippen LogP contribution in [0.25, 0.3) is 0 Å². The summed E-state index contributed by atoms with van der Waals surface area (Å²) in [5, 5.41) is 0. The highest BCUT2D eigenvalue weighted by molar-refractivity contribution is 4.94. The molecule has 0 aromatic carbocycles. The lowest BCUT2D eigenvalue weighted by Gasteiger charge is -2.10. The fourth-order valence-corrected chi connectivity index (χ4v) is 1.80.